The number of hydrogen-bond donors (Lipinski definition) is 1. The molecule has 4 aromatic rings. The average Bonchev–Trinajstić information content (AvgIpc) is 3.24. The quantitative estimate of drug-likeness (QED) is 0.327. The van der Waals surface area contributed by atoms with Gasteiger partial charge in [-0.15, -0.1) is 0 Å². The highest BCUT2D eigenvalue weighted by molar-refractivity contribution is 6.03. The number of nitrogens with zero attached hydrogens (tertiary/aromatic N) is 4. The van der Waals surface area contributed by atoms with E-state index >= 15 is 0 Å². The van der Waals surface area contributed by atoms with E-state index in [0.29, 0.717) is 5.69 Å². The molecule has 0 saturated heterocycles. The molecule has 0 aliphatic carbocycles. The molecular weight excluding hydrogens is 466 g/mol. The van der Waals surface area contributed by atoms with E-state index in [-0.39, 0.29) is 28.5 Å². The number of aromatic nitrogens is 4. The van der Waals surface area contributed by atoms with Crippen LogP contribution in [0.5, 0.6) is 0 Å². The van der Waals surface area contributed by atoms with Crippen molar-refractivity contribution in [3.05, 3.63) is 89.3 Å². The molecule has 0 aliphatic rings. The smallest absolute Gasteiger partial charge is 0.366 e. The van der Waals surface area contributed by atoms with Gasteiger partial charge >= 0.3 is 6.18 Å². The number of ketones is 1. The van der Waals surface area contributed by atoms with Crippen LogP contribution in [0, 0.1) is 5.82 Å². The number of carbonyl (C=O) groups is 2. The van der Waals surface area contributed by atoms with Crippen LogP contribution in [0.3, 0.4) is 0 Å². The van der Waals surface area contributed by atoms with Crippen LogP contribution in [0.1, 0.15) is 31.8 Å². The maximum atomic E-state index is 14.8. The Hall–Kier alpha value is -4.41. The zero-order chi connectivity index (χ0) is 25.3. The van der Waals surface area contributed by atoms with Crippen LogP contribution in [-0.4, -0.2) is 31.4 Å². The van der Waals surface area contributed by atoms with Crippen LogP contribution in [-0.2, 0) is 19.6 Å². The number of halogens is 4. The van der Waals surface area contributed by atoms with Gasteiger partial charge in [0.25, 0.3) is 5.91 Å². The summed E-state index contributed by atoms with van der Waals surface area (Å²) in [7, 11) is 1.52. The van der Waals surface area contributed by atoms with E-state index in [1.165, 1.54) is 42.6 Å². The lowest BCUT2D eigenvalue weighted by Crippen LogP contribution is -2.16. The molecule has 4 rings (SSSR count). The Kier molecular flexibility index (Phi) is 6.16. The van der Waals surface area contributed by atoms with Crippen molar-refractivity contribution in [1.29, 1.82) is 0 Å². The molecular formula is C24H17F4N5O2. The molecule has 0 unspecified atom stereocenters. The Morgan fingerprint density at radius 3 is 2.43 bits per heavy atom. The van der Waals surface area contributed by atoms with Gasteiger partial charge in [-0.1, -0.05) is 6.07 Å². The summed E-state index contributed by atoms with van der Waals surface area (Å²) >= 11 is 0. The minimum absolute atomic E-state index is 0.00364. The number of carbonyl (C=O) groups excluding carboxylic acids is 2. The standard InChI is InChI=1S/C24H17F4N5O2/c1-33-7-5-19(32-33)14-9-15(18(25)10-17(14)24(26,27)28)21(34)8-13-11-30-12-16(23(29)35)22(13)20-4-2-3-6-31-20/h2-7,9-12H,8H2,1H3,(H2,29,35). The van der Waals surface area contributed by atoms with Crippen molar-refractivity contribution in [2.75, 3.05) is 0 Å². The van der Waals surface area contributed by atoms with E-state index in [4.69, 9.17) is 5.73 Å². The third kappa shape index (κ3) is 4.79. The van der Waals surface area contributed by atoms with E-state index in [0.717, 1.165) is 6.07 Å². The lowest BCUT2D eigenvalue weighted by atomic mass is 9.92. The molecule has 0 aliphatic heterocycles. The van der Waals surface area contributed by atoms with Crippen molar-refractivity contribution < 1.29 is 27.2 Å². The maximum absolute atomic E-state index is 14.8. The van der Waals surface area contributed by atoms with Crippen molar-refractivity contribution in [3.8, 4) is 22.5 Å². The highest BCUT2D eigenvalue weighted by Crippen LogP contribution is 2.38. The minimum Gasteiger partial charge on any atom is -0.366 e. The van der Waals surface area contributed by atoms with E-state index in [1.807, 2.05) is 0 Å². The van der Waals surface area contributed by atoms with Gasteiger partial charge in [0.2, 0.25) is 0 Å². The number of aryl methyl sites for hydroxylation is 1. The van der Waals surface area contributed by atoms with Crippen molar-refractivity contribution in [2.45, 2.75) is 12.6 Å². The summed E-state index contributed by atoms with van der Waals surface area (Å²) in [4.78, 5) is 33.3. The molecule has 7 nitrogen and oxygen atoms in total. The van der Waals surface area contributed by atoms with Crippen LogP contribution in [0.4, 0.5) is 17.6 Å². The van der Waals surface area contributed by atoms with Gasteiger partial charge in [0, 0.05) is 49.4 Å². The predicted octanol–water partition coefficient (Wildman–Crippen LogP) is 4.23. The fourth-order valence-corrected chi connectivity index (χ4v) is 3.70. The minimum atomic E-state index is -4.87. The van der Waals surface area contributed by atoms with Gasteiger partial charge in [-0.25, -0.2) is 4.39 Å². The SMILES string of the molecule is Cn1ccc(-c2cc(C(=O)Cc3cncc(C(N)=O)c3-c3ccccn3)c(F)cc2C(F)(F)F)n1. The topological polar surface area (TPSA) is 104 Å². The highest BCUT2D eigenvalue weighted by Gasteiger charge is 2.36. The van der Waals surface area contributed by atoms with E-state index in [9.17, 15) is 27.2 Å². The molecule has 11 heteroatoms. The van der Waals surface area contributed by atoms with Gasteiger partial charge in [0.1, 0.15) is 5.82 Å². The van der Waals surface area contributed by atoms with Gasteiger partial charge in [-0.2, -0.15) is 18.3 Å². The fraction of sp³-hybridized carbons (Fsp3) is 0.125. The number of amides is 1. The second kappa shape index (κ2) is 9.09. The number of Topliss-reactive ketones (excluding diaryl/α,β-unsaturated/α-hetero) is 1. The zero-order valence-electron chi connectivity index (χ0n) is 18.2. The molecule has 178 valence electrons. The molecule has 0 saturated carbocycles. The molecule has 3 heterocycles. The maximum Gasteiger partial charge on any atom is 0.417 e. The van der Waals surface area contributed by atoms with Gasteiger partial charge in [-0.3, -0.25) is 24.2 Å². The molecule has 1 amide bonds. The number of rotatable bonds is 6. The van der Waals surface area contributed by atoms with Gasteiger partial charge < -0.3 is 5.73 Å². The first-order valence-corrected chi connectivity index (χ1v) is 10.2. The number of hydrogen-bond acceptors (Lipinski definition) is 5. The lowest BCUT2D eigenvalue weighted by molar-refractivity contribution is -0.137. The monoisotopic (exact) mass is 483 g/mol. The average molecular weight is 483 g/mol. The van der Waals surface area contributed by atoms with Crippen molar-refractivity contribution in [3.63, 3.8) is 0 Å². The molecule has 0 atom stereocenters. The number of nitrogens with two attached hydrogens (primary N) is 1. The normalized spacial score (nSPS) is 11.5. The Morgan fingerprint density at radius 2 is 1.83 bits per heavy atom. The predicted molar refractivity (Wildman–Crippen MR) is 118 cm³/mol. The lowest BCUT2D eigenvalue weighted by Gasteiger charge is -2.15. The summed E-state index contributed by atoms with van der Waals surface area (Å²) in [5.41, 5.74) is 3.92. The first kappa shape index (κ1) is 23.7. The summed E-state index contributed by atoms with van der Waals surface area (Å²) in [6.45, 7) is 0. The summed E-state index contributed by atoms with van der Waals surface area (Å²) in [6, 6.07) is 7.36. The van der Waals surface area contributed by atoms with E-state index in [2.05, 4.69) is 15.1 Å². The molecule has 0 fully saturated rings. The molecule has 0 spiro atoms. The fourth-order valence-electron chi connectivity index (χ4n) is 3.70. The van der Waals surface area contributed by atoms with Gasteiger partial charge in [0.15, 0.2) is 5.78 Å². The van der Waals surface area contributed by atoms with Crippen molar-refractivity contribution in [2.24, 2.45) is 12.8 Å². The molecule has 0 radical (unpaired) electrons. The third-order valence-corrected chi connectivity index (χ3v) is 5.26. The first-order chi connectivity index (χ1) is 16.6. The van der Waals surface area contributed by atoms with Gasteiger partial charge in [0.05, 0.1) is 28.1 Å². The molecule has 2 N–H and O–H groups in total. The van der Waals surface area contributed by atoms with Crippen LogP contribution < -0.4 is 5.73 Å². The van der Waals surface area contributed by atoms with Crippen LogP contribution in [0.2, 0.25) is 0 Å². The van der Waals surface area contributed by atoms with Crippen molar-refractivity contribution >= 4 is 11.7 Å². The molecule has 3 aromatic heterocycles. The summed E-state index contributed by atoms with van der Waals surface area (Å²) in [5, 5.41) is 3.97. The first-order valence-electron chi connectivity index (χ1n) is 10.2. The molecule has 1 aromatic carbocycles. The number of alkyl halides is 3. The third-order valence-electron chi connectivity index (χ3n) is 5.26. The summed E-state index contributed by atoms with van der Waals surface area (Å²) in [6.07, 6.45) is 0.0839. The highest BCUT2D eigenvalue weighted by atomic mass is 19.4. The largest absolute Gasteiger partial charge is 0.417 e. The molecule has 0 bridgehead atoms. The Morgan fingerprint density at radius 1 is 1.06 bits per heavy atom. The van der Waals surface area contributed by atoms with E-state index < -0.39 is 46.8 Å². The van der Waals surface area contributed by atoms with Crippen molar-refractivity contribution in [1.82, 2.24) is 19.7 Å². The second-order valence-electron chi connectivity index (χ2n) is 7.65. The van der Waals surface area contributed by atoms with E-state index in [1.54, 1.807) is 18.2 Å². The van der Waals surface area contributed by atoms with Crippen LogP contribution in [0.15, 0.2) is 61.2 Å². The molecule has 35 heavy (non-hydrogen) atoms. The number of benzene rings is 1. The summed E-state index contributed by atoms with van der Waals surface area (Å²) in [5.74, 6) is -2.97. The Labute approximate surface area is 196 Å². The zero-order valence-corrected chi connectivity index (χ0v) is 18.2. The Bertz CT molecular complexity index is 1430. The summed E-state index contributed by atoms with van der Waals surface area (Å²) < 4.78 is 57.0. The second-order valence-corrected chi connectivity index (χ2v) is 7.65. The number of primary amides is 1. The van der Waals surface area contributed by atoms with Crippen LogP contribution >= 0.6 is 0 Å². The number of pyridine rings is 2. The Balaban J connectivity index is 1.82. The van der Waals surface area contributed by atoms with Gasteiger partial charge in [-0.05, 0) is 35.9 Å². The van der Waals surface area contributed by atoms with Crippen LogP contribution in [0.25, 0.3) is 22.5 Å².